The van der Waals surface area contributed by atoms with E-state index in [-0.39, 0.29) is 35.3 Å². The first kappa shape index (κ1) is 39.7. The second-order valence-corrected chi connectivity index (χ2v) is 17.2. The first-order valence-corrected chi connectivity index (χ1v) is 18.7. The Morgan fingerprint density at radius 3 is 1.34 bits per heavy atom. The molecule has 260 valence electrons. The van der Waals surface area contributed by atoms with Crippen LogP contribution in [0, 0.1) is 0 Å². The summed E-state index contributed by atoms with van der Waals surface area (Å²) in [5.41, 5.74) is -0.241. The molecule has 4 N–H and O–H groups in total. The van der Waals surface area contributed by atoms with Crippen LogP contribution < -0.4 is 10.6 Å². The van der Waals surface area contributed by atoms with Crippen LogP contribution in [0.2, 0.25) is 12.1 Å². The number of amides is 2. The Balaban J connectivity index is 2.30. The van der Waals surface area contributed by atoms with Crippen LogP contribution in [-0.4, -0.2) is 107 Å². The number of hydrogen-bond acceptors (Lipinski definition) is 10. The molecular weight excluding hydrogens is 649 g/mol. The second-order valence-electron chi connectivity index (χ2n) is 11.1. The van der Waals surface area contributed by atoms with Gasteiger partial charge in [-0.15, -0.1) is 0 Å². The van der Waals surface area contributed by atoms with Crippen molar-refractivity contribution in [1.82, 2.24) is 10.6 Å². The van der Waals surface area contributed by atoms with E-state index in [1.807, 2.05) is 13.8 Å². The maximum absolute atomic E-state index is 13.2. The quantitative estimate of drug-likeness (QED) is 0.117. The summed E-state index contributed by atoms with van der Waals surface area (Å²) in [5, 5.41) is 25.3. The number of benzene rings is 2. The van der Waals surface area contributed by atoms with Gasteiger partial charge in [0.1, 0.15) is 0 Å². The minimum atomic E-state index is -2.84. The first-order valence-electron chi connectivity index (χ1n) is 14.8. The highest BCUT2D eigenvalue weighted by atomic mass is 28.4. The minimum absolute atomic E-state index is 0.0189. The maximum atomic E-state index is 13.2. The van der Waals surface area contributed by atoms with Gasteiger partial charge in [0, 0.05) is 73.3 Å². The number of carboxylic acid groups (broad SMARTS) is 2. The Hall–Kier alpha value is -3.49. The lowest BCUT2D eigenvalue weighted by Gasteiger charge is -2.28. The van der Waals surface area contributed by atoms with E-state index in [2.05, 4.69) is 10.6 Å². The molecule has 0 radical (unpaired) electrons. The maximum Gasteiger partial charge on any atom is 0.500 e. The zero-order valence-electron chi connectivity index (χ0n) is 28.2. The fraction of sp³-hybridized carbons (Fsp3) is 0.484. The monoisotopic (exact) mass is 694 g/mol. The lowest BCUT2D eigenvalue weighted by atomic mass is 9.76. The van der Waals surface area contributed by atoms with Gasteiger partial charge in [-0.1, -0.05) is 26.0 Å². The highest BCUT2D eigenvalue weighted by Gasteiger charge is 2.38. The lowest BCUT2D eigenvalue weighted by Crippen LogP contribution is -2.43. The van der Waals surface area contributed by atoms with Gasteiger partial charge in [-0.3, -0.25) is 9.59 Å². The molecule has 2 aromatic carbocycles. The van der Waals surface area contributed by atoms with E-state index in [1.165, 1.54) is 66.9 Å². The summed E-state index contributed by atoms with van der Waals surface area (Å²) in [6.45, 7) is 4.08. The topological polar surface area (TPSA) is 188 Å². The number of carboxylic acids is 2. The molecule has 0 spiro atoms. The molecule has 0 saturated carbocycles. The number of rotatable bonds is 20. The van der Waals surface area contributed by atoms with E-state index in [0.717, 1.165) is 0 Å². The van der Waals surface area contributed by atoms with Crippen molar-refractivity contribution in [3.63, 3.8) is 0 Å². The van der Waals surface area contributed by atoms with Crippen molar-refractivity contribution in [2.75, 3.05) is 55.7 Å². The molecule has 0 heterocycles. The number of hydrogen-bond donors (Lipinski definition) is 4. The van der Waals surface area contributed by atoms with Crippen molar-refractivity contribution >= 4 is 41.4 Å². The minimum Gasteiger partial charge on any atom is -0.478 e. The molecule has 0 fully saturated rings. The largest absolute Gasteiger partial charge is 0.500 e. The van der Waals surface area contributed by atoms with E-state index in [0.29, 0.717) is 36.1 Å². The van der Waals surface area contributed by atoms with Gasteiger partial charge >= 0.3 is 29.5 Å². The summed E-state index contributed by atoms with van der Waals surface area (Å²) in [4.78, 5) is 50.5. The number of carbonyl (C=O) groups excluding carboxylic acids is 2. The van der Waals surface area contributed by atoms with Crippen molar-refractivity contribution in [3.8, 4) is 0 Å². The molecule has 47 heavy (non-hydrogen) atoms. The molecule has 2 rings (SSSR count). The molecule has 0 atom stereocenters. The summed E-state index contributed by atoms with van der Waals surface area (Å²) in [6.07, 6.45) is 0.953. The van der Waals surface area contributed by atoms with E-state index < -0.39 is 46.8 Å². The predicted octanol–water partition coefficient (Wildman–Crippen LogP) is 3.40. The van der Waals surface area contributed by atoms with Gasteiger partial charge in [0.05, 0.1) is 22.3 Å². The summed E-state index contributed by atoms with van der Waals surface area (Å²) in [5.74, 6) is -3.70. The van der Waals surface area contributed by atoms with Gasteiger partial charge in [-0.05, 0) is 48.2 Å². The smallest absolute Gasteiger partial charge is 0.478 e. The number of carbonyl (C=O) groups is 4. The van der Waals surface area contributed by atoms with Crippen molar-refractivity contribution in [1.29, 1.82) is 0 Å². The van der Waals surface area contributed by atoms with Crippen molar-refractivity contribution in [2.24, 2.45) is 0 Å². The van der Waals surface area contributed by atoms with Crippen LogP contribution in [0.15, 0.2) is 36.4 Å². The Morgan fingerprint density at radius 1 is 0.596 bits per heavy atom. The van der Waals surface area contributed by atoms with Gasteiger partial charge in [0.15, 0.2) is 0 Å². The average Bonchev–Trinajstić information content (AvgIpc) is 3.08. The molecular formula is C31H46N2O12Si2. The Labute approximate surface area is 277 Å². The van der Waals surface area contributed by atoms with Gasteiger partial charge < -0.3 is 47.4 Å². The van der Waals surface area contributed by atoms with Gasteiger partial charge in [0.2, 0.25) is 0 Å². The molecule has 0 aliphatic rings. The molecule has 0 saturated heterocycles. The number of nitrogens with one attached hydrogen (secondary N) is 2. The average molecular weight is 695 g/mol. The zero-order valence-corrected chi connectivity index (χ0v) is 30.2. The summed E-state index contributed by atoms with van der Waals surface area (Å²) >= 11 is 0. The van der Waals surface area contributed by atoms with Crippen molar-refractivity contribution < 1.29 is 55.9 Å². The number of aromatic carboxylic acids is 2. The summed E-state index contributed by atoms with van der Waals surface area (Å²) in [6, 6.07) is 9.81. The van der Waals surface area contributed by atoms with Gasteiger partial charge in [0.25, 0.3) is 11.8 Å². The van der Waals surface area contributed by atoms with Crippen molar-refractivity contribution in [2.45, 2.75) is 44.2 Å². The lowest BCUT2D eigenvalue weighted by molar-refractivity contribution is 0.0682. The van der Waals surface area contributed by atoms with Crippen molar-refractivity contribution in [3.05, 3.63) is 69.8 Å². The highest BCUT2D eigenvalue weighted by molar-refractivity contribution is 6.60. The van der Waals surface area contributed by atoms with Crippen LogP contribution in [0.1, 0.15) is 79.2 Å². The third-order valence-corrected chi connectivity index (χ3v) is 13.9. The van der Waals surface area contributed by atoms with E-state index in [4.69, 9.17) is 26.6 Å². The summed E-state index contributed by atoms with van der Waals surface area (Å²) < 4.78 is 32.3. The van der Waals surface area contributed by atoms with Crippen LogP contribution in [0.4, 0.5) is 0 Å². The molecule has 0 bridgehead atoms. The molecule has 0 aliphatic carbocycles. The second kappa shape index (κ2) is 17.6. The Kier molecular flexibility index (Phi) is 14.9. The Bertz CT molecular complexity index is 1390. The Morgan fingerprint density at radius 2 is 0.957 bits per heavy atom. The van der Waals surface area contributed by atoms with Crippen LogP contribution in [0.5, 0.6) is 0 Å². The molecule has 16 heteroatoms. The van der Waals surface area contributed by atoms with E-state index in [1.54, 1.807) is 12.1 Å². The van der Waals surface area contributed by atoms with Gasteiger partial charge in [-0.2, -0.15) is 0 Å². The van der Waals surface area contributed by atoms with Crippen LogP contribution >= 0.6 is 0 Å². The third-order valence-electron chi connectivity index (χ3n) is 8.19. The SMILES string of the molecule is CO[Si](CCCNC(=O)c1ccc(C(C)(C)c2ccc(C(=O)O)c(C(=O)NCCC[Si](OC)(OC)OC)c2)cc1C(=O)O)(OC)OC. The molecule has 0 aromatic heterocycles. The summed E-state index contributed by atoms with van der Waals surface area (Å²) in [7, 11) is 3.32. The van der Waals surface area contributed by atoms with Crippen LogP contribution in [0.3, 0.4) is 0 Å². The standard InChI is InChI=1S/C31H46N2O12Si2/c1-31(2,21-12-14-24(29(36)37)25(19-21)28(35)33-16-10-18-47(43-6,44-7)45-8)22-11-13-23(26(20-22)30(38)39)27(34)32-15-9-17-46(40-3,41-4)42-5/h11-14,19-20H,9-10,15-18H2,1-8H3,(H,32,34)(H,33,35)(H,36,37)(H,38,39). The fourth-order valence-electron chi connectivity index (χ4n) is 5.10. The molecule has 0 aliphatic heterocycles. The van der Waals surface area contributed by atoms with Gasteiger partial charge in [-0.25, -0.2) is 9.59 Å². The fourth-order valence-corrected chi connectivity index (χ4v) is 8.54. The molecule has 14 nitrogen and oxygen atoms in total. The zero-order chi connectivity index (χ0) is 35.4. The highest BCUT2D eigenvalue weighted by Crippen LogP contribution is 2.34. The van der Waals surface area contributed by atoms with Crippen LogP contribution in [-0.2, 0) is 32.0 Å². The van der Waals surface area contributed by atoms with E-state index in [9.17, 15) is 29.4 Å². The first-order chi connectivity index (χ1) is 22.2. The molecule has 0 unspecified atom stereocenters. The van der Waals surface area contributed by atoms with E-state index >= 15 is 0 Å². The third kappa shape index (κ3) is 9.77. The van der Waals surface area contributed by atoms with Crippen LogP contribution in [0.25, 0.3) is 0 Å². The molecule has 2 amide bonds. The predicted molar refractivity (Wildman–Crippen MR) is 176 cm³/mol. The normalized spacial score (nSPS) is 12.1. The molecule has 2 aromatic rings.